The van der Waals surface area contributed by atoms with Crippen molar-refractivity contribution in [1.29, 1.82) is 0 Å². The van der Waals surface area contributed by atoms with Crippen LogP contribution in [0.4, 0.5) is 5.82 Å². The summed E-state index contributed by atoms with van der Waals surface area (Å²) in [5, 5.41) is 14.1. The van der Waals surface area contributed by atoms with E-state index in [0.717, 1.165) is 68.0 Å². The Kier molecular flexibility index (Phi) is 5.41. The third kappa shape index (κ3) is 3.85. The van der Waals surface area contributed by atoms with E-state index in [1.54, 1.807) is 17.7 Å². The van der Waals surface area contributed by atoms with E-state index in [-0.39, 0.29) is 12.3 Å². The Morgan fingerprint density at radius 1 is 1.21 bits per heavy atom. The Morgan fingerprint density at radius 2 is 2.00 bits per heavy atom. The van der Waals surface area contributed by atoms with Crippen molar-refractivity contribution in [2.45, 2.75) is 62.9 Å². The molecule has 2 N–H and O–H groups in total. The van der Waals surface area contributed by atoms with Crippen molar-refractivity contribution in [2.24, 2.45) is 0 Å². The van der Waals surface area contributed by atoms with Gasteiger partial charge in [0.05, 0.1) is 25.0 Å². The molecule has 2 aromatic rings. The number of ether oxygens (including phenoxy) is 1. The lowest BCUT2D eigenvalue weighted by atomic mass is 9.89. The predicted molar refractivity (Wildman–Crippen MR) is 113 cm³/mol. The zero-order valence-electron chi connectivity index (χ0n) is 16.6. The van der Waals surface area contributed by atoms with Crippen LogP contribution in [0.2, 0.25) is 0 Å². The maximum absolute atomic E-state index is 11.3. The number of aliphatic carboxylic acids is 1. The minimum Gasteiger partial charge on any atom is -0.481 e. The maximum atomic E-state index is 11.3. The number of nitrogens with zero attached hydrogens (tertiary/aromatic N) is 3. The van der Waals surface area contributed by atoms with Crippen LogP contribution in [0.3, 0.4) is 0 Å². The van der Waals surface area contributed by atoms with Crippen molar-refractivity contribution in [3.63, 3.8) is 0 Å². The summed E-state index contributed by atoms with van der Waals surface area (Å²) in [5.41, 5.74) is 1.19. The lowest BCUT2D eigenvalue weighted by Crippen LogP contribution is -2.46. The highest BCUT2D eigenvalue weighted by Gasteiger charge is 2.32. The van der Waals surface area contributed by atoms with Gasteiger partial charge in [0.15, 0.2) is 0 Å². The molecule has 29 heavy (non-hydrogen) atoms. The van der Waals surface area contributed by atoms with E-state index >= 15 is 0 Å². The molecule has 7 nitrogen and oxygen atoms in total. The summed E-state index contributed by atoms with van der Waals surface area (Å²) >= 11 is 1.71. The van der Waals surface area contributed by atoms with E-state index in [2.05, 4.69) is 20.2 Å². The van der Waals surface area contributed by atoms with Gasteiger partial charge in [0.1, 0.15) is 17.0 Å². The topological polar surface area (TPSA) is 87.6 Å². The molecule has 0 unspecified atom stereocenters. The highest BCUT2D eigenvalue weighted by atomic mass is 32.1. The molecule has 2 aliphatic carbocycles. The number of nitrogens with one attached hydrogen (secondary N) is 1. The zero-order valence-corrected chi connectivity index (χ0v) is 17.4. The number of morpholine rings is 1. The van der Waals surface area contributed by atoms with Crippen molar-refractivity contribution in [1.82, 2.24) is 14.9 Å². The highest BCUT2D eigenvalue weighted by molar-refractivity contribution is 7.19. The summed E-state index contributed by atoms with van der Waals surface area (Å²) in [6.07, 6.45) is 8.39. The Morgan fingerprint density at radius 3 is 2.76 bits per heavy atom. The predicted octanol–water partition coefficient (Wildman–Crippen LogP) is 3.25. The second-order valence-corrected chi connectivity index (χ2v) is 9.56. The van der Waals surface area contributed by atoms with Gasteiger partial charge in [0, 0.05) is 30.1 Å². The van der Waals surface area contributed by atoms with Gasteiger partial charge in [-0.3, -0.25) is 9.69 Å². The molecule has 0 bridgehead atoms. The van der Waals surface area contributed by atoms with Crippen LogP contribution in [-0.4, -0.2) is 64.3 Å². The molecule has 2 fully saturated rings. The van der Waals surface area contributed by atoms with Gasteiger partial charge in [-0.15, -0.1) is 11.3 Å². The van der Waals surface area contributed by atoms with Crippen molar-refractivity contribution >= 4 is 33.3 Å². The van der Waals surface area contributed by atoms with Crippen LogP contribution < -0.4 is 5.32 Å². The Balaban J connectivity index is 1.32. The average molecular weight is 417 g/mol. The minimum absolute atomic E-state index is 0.0832. The van der Waals surface area contributed by atoms with Crippen molar-refractivity contribution < 1.29 is 14.6 Å². The first kappa shape index (κ1) is 19.2. The number of anilines is 1. The van der Waals surface area contributed by atoms with Gasteiger partial charge in [-0.05, 0) is 50.0 Å². The van der Waals surface area contributed by atoms with Gasteiger partial charge in [0.25, 0.3) is 0 Å². The second-order valence-electron chi connectivity index (χ2n) is 8.47. The molecule has 5 rings (SSSR count). The van der Waals surface area contributed by atoms with Gasteiger partial charge in [-0.1, -0.05) is 0 Å². The lowest BCUT2D eigenvalue weighted by molar-refractivity contribution is -0.137. The van der Waals surface area contributed by atoms with E-state index < -0.39 is 5.97 Å². The second kappa shape index (κ2) is 8.16. The molecular weight excluding hydrogens is 388 g/mol. The van der Waals surface area contributed by atoms with E-state index in [1.807, 2.05) is 0 Å². The summed E-state index contributed by atoms with van der Waals surface area (Å²) in [6, 6.07) is 1.09. The number of hydrogen-bond donors (Lipinski definition) is 2. The van der Waals surface area contributed by atoms with Crippen molar-refractivity contribution in [3.8, 4) is 0 Å². The fourth-order valence-corrected chi connectivity index (χ4v) is 6.55. The monoisotopic (exact) mass is 416 g/mol. The van der Waals surface area contributed by atoms with Gasteiger partial charge in [0.2, 0.25) is 0 Å². The van der Waals surface area contributed by atoms with E-state index in [4.69, 9.17) is 4.74 Å². The Hall–Kier alpha value is -1.77. The summed E-state index contributed by atoms with van der Waals surface area (Å²) < 4.78 is 5.49. The minimum atomic E-state index is -0.727. The number of carboxylic acid groups (broad SMARTS) is 1. The van der Waals surface area contributed by atoms with Crippen LogP contribution in [0.1, 0.15) is 54.9 Å². The smallest absolute Gasteiger partial charge is 0.303 e. The average Bonchev–Trinajstić information content (AvgIpc) is 3.29. The Labute approximate surface area is 174 Å². The number of aryl methyl sites for hydroxylation is 1. The first-order chi connectivity index (χ1) is 14.2. The maximum Gasteiger partial charge on any atom is 0.303 e. The molecule has 1 saturated heterocycles. The fraction of sp³-hybridized carbons (Fsp3) is 0.667. The molecule has 0 spiro atoms. The fourth-order valence-electron chi connectivity index (χ4n) is 5.31. The number of carboxylic acids is 1. The van der Waals surface area contributed by atoms with Gasteiger partial charge in [-0.25, -0.2) is 9.97 Å². The Bertz CT molecular complexity index is 887. The molecule has 156 valence electrons. The van der Waals surface area contributed by atoms with E-state index in [9.17, 15) is 9.90 Å². The first-order valence-corrected chi connectivity index (χ1v) is 11.6. The zero-order chi connectivity index (χ0) is 19.8. The normalized spacial score (nSPS) is 27.8. The third-order valence-corrected chi connectivity index (χ3v) is 7.92. The molecule has 1 saturated carbocycles. The molecular formula is C21H28N4O3S. The number of hydrogen-bond acceptors (Lipinski definition) is 7. The summed E-state index contributed by atoms with van der Waals surface area (Å²) in [7, 11) is 0. The number of fused-ring (bicyclic) bond motifs is 3. The van der Waals surface area contributed by atoms with Crippen LogP contribution in [0.15, 0.2) is 6.33 Å². The standard InChI is InChI=1S/C21H28N4O3S/c26-17(27)11-13-1-6-16-18(13)19-20(22-12-23-21(19)29-16)24-14-2-4-15(5-3-14)25-7-9-28-10-8-25/h12-15H,1-11H2,(H,26,27)(H,22,23,24)/t13-,14?,15?/m1/s1. The molecule has 3 aliphatic rings. The lowest BCUT2D eigenvalue weighted by Gasteiger charge is -2.39. The SMILES string of the molecule is O=C(O)C[C@H]1CCc2sc3ncnc(NC4CCC(N5CCOCC5)CC4)c3c21. The van der Waals surface area contributed by atoms with Crippen LogP contribution in [-0.2, 0) is 16.0 Å². The highest BCUT2D eigenvalue weighted by Crippen LogP contribution is 2.46. The quantitative estimate of drug-likeness (QED) is 0.773. The van der Waals surface area contributed by atoms with Gasteiger partial charge < -0.3 is 15.2 Å². The van der Waals surface area contributed by atoms with Crippen LogP contribution >= 0.6 is 11.3 Å². The summed E-state index contributed by atoms with van der Waals surface area (Å²) in [6.45, 7) is 3.83. The van der Waals surface area contributed by atoms with E-state index in [1.165, 1.54) is 23.3 Å². The number of aromatic nitrogens is 2. The van der Waals surface area contributed by atoms with E-state index in [0.29, 0.717) is 12.1 Å². The van der Waals surface area contributed by atoms with Crippen LogP contribution in [0.25, 0.3) is 10.2 Å². The summed E-state index contributed by atoms with van der Waals surface area (Å²) in [5.74, 6) is 0.259. The molecule has 0 radical (unpaired) electrons. The molecule has 0 amide bonds. The third-order valence-electron chi connectivity index (χ3n) is 6.75. The molecule has 8 heteroatoms. The number of thiophene rings is 1. The molecule has 1 atom stereocenters. The summed E-state index contributed by atoms with van der Waals surface area (Å²) in [4.78, 5) is 25.3. The largest absolute Gasteiger partial charge is 0.481 e. The molecule has 2 aromatic heterocycles. The number of carbonyl (C=O) groups is 1. The molecule has 0 aromatic carbocycles. The van der Waals surface area contributed by atoms with Gasteiger partial charge >= 0.3 is 5.97 Å². The van der Waals surface area contributed by atoms with Crippen LogP contribution in [0.5, 0.6) is 0 Å². The first-order valence-electron chi connectivity index (χ1n) is 10.8. The molecule has 3 heterocycles. The van der Waals surface area contributed by atoms with Crippen molar-refractivity contribution in [3.05, 3.63) is 16.8 Å². The van der Waals surface area contributed by atoms with Gasteiger partial charge in [-0.2, -0.15) is 0 Å². The van der Waals surface area contributed by atoms with Crippen molar-refractivity contribution in [2.75, 3.05) is 31.6 Å². The van der Waals surface area contributed by atoms with Crippen LogP contribution in [0, 0.1) is 0 Å². The number of rotatable bonds is 5. The molecule has 1 aliphatic heterocycles.